The summed E-state index contributed by atoms with van der Waals surface area (Å²) in [5, 5.41) is 6.24. The van der Waals surface area contributed by atoms with Crippen molar-refractivity contribution in [3.05, 3.63) is 71.6 Å². The van der Waals surface area contributed by atoms with Gasteiger partial charge < -0.3 is 9.84 Å². The van der Waals surface area contributed by atoms with E-state index in [0.29, 0.717) is 30.5 Å². The first-order chi connectivity index (χ1) is 12.1. The van der Waals surface area contributed by atoms with Crippen LogP contribution in [0.15, 0.2) is 53.1 Å². The molecular weight excluding hydrogens is 328 g/mol. The molecule has 0 aliphatic heterocycles. The maximum Gasteiger partial charge on any atom is 0.292 e. The predicted molar refractivity (Wildman–Crippen MR) is 86.7 cm³/mol. The van der Waals surface area contributed by atoms with E-state index in [0.717, 1.165) is 0 Å². The second-order valence-electron chi connectivity index (χ2n) is 5.38. The Morgan fingerprint density at radius 1 is 1.12 bits per heavy atom. The number of halogens is 2. The van der Waals surface area contributed by atoms with Gasteiger partial charge in [-0.1, -0.05) is 29.4 Å². The molecule has 0 aliphatic carbocycles. The first-order valence-corrected chi connectivity index (χ1v) is 7.75. The summed E-state index contributed by atoms with van der Waals surface area (Å²) in [7, 11) is 0. The third-order valence-electron chi connectivity index (χ3n) is 3.57. The molecule has 0 saturated carbocycles. The number of aromatic nitrogens is 2. The van der Waals surface area contributed by atoms with Crippen molar-refractivity contribution in [3.8, 4) is 11.5 Å². The Bertz CT molecular complexity index is 880. The summed E-state index contributed by atoms with van der Waals surface area (Å²) < 4.78 is 31.7. The molecule has 0 bridgehead atoms. The molecule has 5 nitrogen and oxygen atoms in total. The van der Waals surface area contributed by atoms with Crippen LogP contribution in [0.2, 0.25) is 0 Å². The molecule has 1 amide bonds. The number of aryl methyl sites for hydroxylation is 1. The molecule has 3 rings (SSSR count). The Hall–Kier alpha value is -3.09. The summed E-state index contributed by atoms with van der Waals surface area (Å²) in [6.45, 7) is 0.344. The van der Waals surface area contributed by atoms with Gasteiger partial charge >= 0.3 is 0 Å². The summed E-state index contributed by atoms with van der Waals surface area (Å²) in [6.07, 6.45) is 1.08. The lowest BCUT2D eigenvalue weighted by Gasteiger charge is -2.04. The molecule has 0 unspecified atom stereocenters. The molecule has 0 saturated heterocycles. The Morgan fingerprint density at radius 2 is 1.96 bits per heavy atom. The van der Waals surface area contributed by atoms with Crippen LogP contribution < -0.4 is 5.32 Å². The number of carbonyl (C=O) groups excluding carboxylic acids is 1. The third-order valence-corrected chi connectivity index (χ3v) is 3.57. The number of nitrogens with zero attached hydrogens (tertiary/aromatic N) is 2. The van der Waals surface area contributed by atoms with Crippen LogP contribution in [0.4, 0.5) is 8.78 Å². The number of rotatable bonds is 6. The SMILES string of the molecule is O=C(NCCCc1ccccc1F)c1noc(-c2cccc(F)c2)n1. The topological polar surface area (TPSA) is 68.0 Å². The van der Waals surface area contributed by atoms with Crippen molar-refractivity contribution in [3.63, 3.8) is 0 Å². The van der Waals surface area contributed by atoms with Crippen LogP contribution in [0.3, 0.4) is 0 Å². The molecule has 1 N–H and O–H groups in total. The van der Waals surface area contributed by atoms with Crippen LogP contribution in [-0.2, 0) is 6.42 Å². The standard InChI is InChI=1S/C18H15F2N3O2/c19-14-8-3-6-13(11-14)18-22-16(23-25-18)17(24)21-10-4-7-12-5-1-2-9-15(12)20/h1-3,5-6,8-9,11H,4,7,10H2,(H,21,24). The van der Waals surface area contributed by atoms with Gasteiger partial charge in [0, 0.05) is 12.1 Å². The molecule has 0 atom stereocenters. The Morgan fingerprint density at radius 3 is 2.76 bits per heavy atom. The molecule has 0 radical (unpaired) electrons. The van der Waals surface area contributed by atoms with Gasteiger partial charge in [0.1, 0.15) is 11.6 Å². The fourth-order valence-electron chi connectivity index (χ4n) is 2.32. The minimum atomic E-state index is -0.500. The second-order valence-corrected chi connectivity index (χ2v) is 5.38. The van der Waals surface area contributed by atoms with Gasteiger partial charge in [-0.2, -0.15) is 4.98 Å². The maximum absolute atomic E-state index is 13.5. The average Bonchev–Trinajstić information content (AvgIpc) is 3.10. The fourth-order valence-corrected chi connectivity index (χ4v) is 2.32. The zero-order valence-electron chi connectivity index (χ0n) is 13.2. The monoisotopic (exact) mass is 343 g/mol. The lowest BCUT2D eigenvalue weighted by atomic mass is 10.1. The fraction of sp³-hybridized carbons (Fsp3) is 0.167. The molecule has 7 heteroatoms. The van der Waals surface area contributed by atoms with Gasteiger partial charge in [-0.05, 0) is 42.7 Å². The summed E-state index contributed by atoms with van der Waals surface area (Å²) >= 11 is 0. The zero-order chi connectivity index (χ0) is 17.6. The highest BCUT2D eigenvalue weighted by Gasteiger charge is 2.15. The van der Waals surface area contributed by atoms with Crippen molar-refractivity contribution in [1.82, 2.24) is 15.5 Å². The van der Waals surface area contributed by atoms with E-state index in [2.05, 4.69) is 15.5 Å². The first-order valence-electron chi connectivity index (χ1n) is 7.75. The number of nitrogens with one attached hydrogen (secondary N) is 1. The lowest BCUT2D eigenvalue weighted by molar-refractivity contribution is 0.0940. The quantitative estimate of drug-likeness (QED) is 0.697. The normalized spacial score (nSPS) is 10.6. The Kier molecular flexibility index (Phi) is 5.13. The van der Waals surface area contributed by atoms with E-state index >= 15 is 0 Å². The van der Waals surface area contributed by atoms with E-state index in [1.165, 1.54) is 24.3 Å². The van der Waals surface area contributed by atoms with E-state index < -0.39 is 11.7 Å². The number of hydrogen-bond acceptors (Lipinski definition) is 4. The highest BCUT2D eigenvalue weighted by molar-refractivity contribution is 5.90. The molecule has 3 aromatic rings. The number of carbonyl (C=O) groups is 1. The molecule has 1 heterocycles. The van der Waals surface area contributed by atoms with E-state index in [9.17, 15) is 13.6 Å². The second kappa shape index (κ2) is 7.65. The highest BCUT2D eigenvalue weighted by atomic mass is 19.1. The highest BCUT2D eigenvalue weighted by Crippen LogP contribution is 2.17. The van der Waals surface area contributed by atoms with Gasteiger partial charge in [0.15, 0.2) is 0 Å². The summed E-state index contributed by atoms with van der Waals surface area (Å²) in [5.74, 6) is -1.26. The minimum absolute atomic E-state index is 0.0657. The van der Waals surface area contributed by atoms with Gasteiger partial charge in [0.2, 0.25) is 0 Å². The van der Waals surface area contributed by atoms with Crippen LogP contribution in [0.1, 0.15) is 22.6 Å². The number of hydrogen-bond donors (Lipinski definition) is 1. The average molecular weight is 343 g/mol. The largest absolute Gasteiger partial charge is 0.349 e. The maximum atomic E-state index is 13.5. The summed E-state index contributed by atoms with van der Waals surface area (Å²) in [6, 6.07) is 12.2. The molecule has 0 spiro atoms. The Labute approximate surface area is 142 Å². The van der Waals surface area contributed by atoms with Crippen molar-refractivity contribution in [2.75, 3.05) is 6.54 Å². The van der Waals surface area contributed by atoms with Gasteiger partial charge in [-0.15, -0.1) is 0 Å². The van der Waals surface area contributed by atoms with E-state index in [1.54, 1.807) is 24.3 Å². The molecule has 1 aromatic heterocycles. The molecule has 25 heavy (non-hydrogen) atoms. The van der Waals surface area contributed by atoms with Gasteiger partial charge in [-0.3, -0.25) is 4.79 Å². The van der Waals surface area contributed by atoms with Crippen molar-refractivity contribution in [1.29, 1.82) is 0 Å². The van der Waals surface area contributed by atoms with Gasteiger partial charge in [-0.25, -0.2) is 8.78 Å². The van der Waals surface area contributed by atoms with Gasteiger partial charge in [0.05, 0.1) is 0 Å². The molecule has 128 valence electrons. The van der Waals surface area contributed by atoms with Crippen LogP contribution in [0, 0.1) is 11.6 Å². The van der Waals surface area contributed by atoms with E-state index in [4.69, 9.17) is 4.52 Å². The number of amides is 1. The summed E-state index contributed by atoms with van der Waals surface area (Å²) in [5.41, 5.74) is 0.996. The molecule has 2 aromatic carbocycles. The van der Waals surface area contributed by atoms with Crippen molar-refractivity contribution in [2.45, 2.75) is 12.8 Å². The van der Waals surface area contributed by atoms with Crippen molar-refractivity contribution >= 4 is 5.91 Å². The molecular formula is C18H15F2N3O2. The minimum Gasteiger partial charge on any atom is -0.349 e. The first kappa shape index (κ1) is 16.8. The number of benzene rings is 2. The van der Waals surface area contributed by atoms with Gasteiger partial charge in [0.25, 0.3) is 17.6 Å². The van der Waals surface area contributed by atoms with E-state index in [-0.39, 0.29) is 17.5 Å². The van der Waals surface area contributed by atoms with Crippen LogP contribution >= 0.6 is 0 Å². The van der Waals surface area contributed by atoms with Crippen LogP contribution in [-0.4, -0.2) is 22.6 Å². The van der Waals surface area contributed by atoms with Crippen molar-refractivity contribution < 1.29 is 18.1 Å². The summed E-state index contributed by atoms with van der Waals surface area (Å²) in [4.78, 5) is 15.9. The van der Waals surface area contributed by atoms with E-state index in [1.807, 2.05) is 0 Å². The Balaban J connectivity index is 1.53. The lowest BCUT2D eigenvalue weighted by Crippen LogP contribution is -2.25. The van der Waals surface area contributed by atoms with Crippen LogP contribution in [0.25, 0.3) is 11.5 Å². The predicted octanol–water partition coefficient (Wildman–Crippen LogP) is 3.38. The molecule has 0 aliphatic rings. The zero-order valence-corrected chi connectivity index (χ0v) is 13.2. The third kappa shape index (κ3) is 4.26. The van der Waals surface area contributed by atoms with Crippen molar-refractivity contribution in [2.24, 2.45) is 0 Å². The van der Waals surface area contributed by atoms with Crippen LogP contribution in [0.5, 0.6) is 0 Å². The molecule has 0 fully saturated rings. The smallest absolute Gasteiger partial charge is 0.292 e.